The first-order valence-corrected chi connectivity index (χ1v) is 6.29. The van der Waals surface area contributed by atoms with Crippen LogP contribution in [0.15, 0.2) is 18.2 Å². The average molecular weight is 215 g/mol. The van der Waals surface area contributed by atoms with E-state index < -0.39 is 0 Å². The van der Waals surface area contributed by atoms with E-state index in [9.17, 15) is 0 Å². The SMILES string of the molecule is CCc1ccc(CCCCC#N)cc1CC. The van der Waals surface area contributed by atoms with Gasteiger partial charge in [0.1, 0.15) is 0 Å². The number of benzene rings is 1. The minimum absolute atomic E-state index is 0.688. The molecule has 0 fully saturated rings. The molecule has 0 heterocycles. The van der Waals surface area contributed by atoms with Crippen LogP contribution in [-0.2, 0) is 19.3 Å². The van der Waals surface area contributed by atoms with Crippen molar-refractivity contribution in [2.24, 2.45) is 0 Å². The van der Waals surface area contributed by atoms with Crippen LogP contribution < -0.4 is 0 Å². The molecule has 1 aromatic carbocycles. The van der Waals surface area contributed by atoms with Crippen LogP contribution in [0.5, 0.6) is 0 Å². The molecule has 0 spiro atoms. The summed E-state index contributed by atoms with van der Waals surface area (Å²) in [5.74, 6) is 0. The van der Waals surface area contributed by atoms with E-state index in [0.29, 0.717) is 6.42 Å². The average Bonchev–Trinajstić information content (AvgIpc) is 2.34. The standard InChI is InChI=1S/C15H21N/c1-3-14-10-9-13(12-15(14)4-2)8-6-5-7-11-16/h9-10,12H,3-8H2,1-2H3. The third-order valence-electron chi connectivity index (χ3n) is 3.04. The Morgan fingerprint density at radius 3 is 2.44 bits per heavy atom. The molecule has 0 saturated carbocycles. The van der Waals surface area contributed by atoms with Crippen LogP contribution in [-0.4, -0.2) is 0 Å². The third kappa shape index (κ3) is 3.70. The first-order valence-electron chi connectivity index (χ1n) is 6.29. The van der Waals surface area contributed by atoms with Crippen molar-refractivity contribution in [1.29, 1.82) is 5.26 Å². The van der Waals surface area contributed by atoms with E-state index in [-0.39, 0.29) is 0 Å². The number of aryl methyl sites for hydroxylation is 3. The maximum Gasteiger partial charge on any atom is 0.0621 e. The molecule has 1 aromatic rings. The summed E-state index contributed by atoms with van der Waals surface area (Å²) in [4.78, 5) is 0. The summed E-state index contributed by atoms with van der Waals surface area (Å²) in [6, 6.07) is 9.04. The number of hydrogen-bond acceptors (Lipinski definition) is 1. The molecule has 0 atom stereocenters. The lowest BCUT2D eigenvalue weighted by Crippen LogP contribution is -1.94. The van der Waals surface area contributed by atoms with Crippen LogP contribution in [0.4, 0.5) is 0 Å². The van der Waals surface area contributed by atoms with Gasteiger partial charge >= 0.3 is 0 Å². The van der Waals surface area contributed by atoms with Crippen molar-refractivity contribution in [2.45, 2.75) is 52.4 Å². The minimum Gasteiger partial charge on any atom is -0.198 e. The second-order valence-electron chi connectivity index (χ2n) is 4.18. The largest absolute Gasteiger partial charge is 0.198 e. The van der Waals surface area contributed by atoms with Gasteiger partial charge in [0, 0.05) is 6.42 Å². The van der Waals surface area contributed by atoms with Gasteiger partial charge in [-0.2, -0.15) is 5.26 Å². The fraction of sp³-hybridized carbons (Fsp3) is 0.533. The molecule has 0 bridgehead atoms. The van der Waals surface area contributed by atoms with Gasteiger partial charge in [-0.05, 0) is 48.8 Å². The topological polar surface area (TPSA) is 23.8 Å². The fourth-order valence-corrected chi connectivity index (χ4v) is 2.04. The molecule has 0 unspecified atom stereocenters. The van der Waals surface area contributed by atoms with Crippen molar-refractivity contribution in [2.75, 3.05) is 0 Å². The molecule has 0 N–H and O–H groups in total. The Bertz CT molecular complexity index is 360. The Labute approximate surface area is 99.1 Å². The second kappa shape index (κ2) is 7.06. The van der Waals surface area contributed by atoms with Gasteiger partial charge in [0.15, 0.2) is 0 Å². The maximum atomic E-state index is 8.46. The van der Waals surface area contributed by atoms with E-state index in [1.54, 1.807) is 0 Å². The highest BCUT2D eigenvalue weighted by atomic mass is 14.2. The molecule has 0 aromatic heterocycles. The Morgan fingerprint density at radius 2 is 1.81 bits per heavy atom. The summed E-state index contributed by atoms with van der Waals surface area (Å²) in [5, 5.41) is 8.46. The lowest BCUT2D eigenvalue weighted by atomic mass is 9.97. The number of nitriles is 1. The molecule has 0 aliphatic carbocycles. The molecule has 0 saturated heterocycles. The molecule has 86 valence electrons. The van der Waals surface area contributed by atoms with E-state index in [2.05, 4.69) is 38.1 Å². The molecular formula is C15H21N. The Hall–Kier alpha value is -1.29. The van der Waals surface area contributed by atoms with Gasteiger partial charge < -0.3 is 0 Å². The molecule has 0 amide bonds. The first kappa shape index (κ1) is 12.8. The van der Waals surface area contributed by atoms with Crippen LogP contribution in [0.2, 0.25) is 0 Å². The molecule has 0 radical (unpaired) electrons. The highest BCUT2D eigenvalue weighted by Crippen LogP contribution is 2.15. The van der Waals surface area contributed by atoms with Crippen LogP contribution in [0, 0.1) is 11.3 Å². The zero-order valence-corrected chi connectivity index (χ0v) is 10.4. The highest BCUT2D eigenvalue weighted by molar-refractivity contribution is 5.32. The van der Waals surface area contributed by atoms with Crippen molar-refractivity contribution in [3.05, 3.63) is 34.9 Å². The zero-order chi connectivity index (χ0) is 11.8. The minimum atomic E-state index is 0.688. The van der Waals surface area contributed by atoms with Crippen molar-refractivity contribution in [3.63, 3.8) is 0 Å². The number of nitrogens with zero attached hydrogens (tertiary/aromatic N) is 1. The normalized spacial score (nSPS) is 10.1. The van der Waals surface area contributed by atoms with Crippen molar-refractivity contribution in [3.8, 4) is 6.07 Å². The molecule has 1 rings (SSSR count). The summed E-state index contributed by atoms with van der Waals surface area (Å²) in [7, 11) is 0. The van der Waals surface area contributed by atoms with Crippen LogP contribution in [0.25, 0.3) is 0 Å². The Kier molecular flexibility index (Phi) is 5.64. The van der Waals surface area contributed by atoms with Gasteiger partial charge in [0.25, 0.3) is 0 Å². The van der Waals surface area contributed by atoms with Crippen LogP contribution in [0.3, 0.4) is 0 Å². The van der Waals surface area contributed by atoms with E-state index in [4.69, 9.17) is 5.26 Å². The summed E-state index contributed by atoms with van der Waals surface area (Å²) < 4.78 is 0. The number of hydrogen-bond donors (Lipinski definition) is 0. The number of rotatable bonds is 6. The van der Waals surface area contributed by atoms with Crippen LogP contribution >= 0.6 is 0 Å². The lowest BCUT2D eigenvalue weighted by Gasteiger charge is -2.08. The first-order chi connectivity index (χ1) is 7.81. The van der Waals surface area contributed by atoms with E-state index >= 15 is 0 Å². The van der Waals surface area contributed by atoms with Crippen molar-refractivity contribution >= 4 is 0 Å². The molecular weight excluding hydrogens is 194 g/mol. The smallest absolute Gasteiger partial charge is 0.0621 e. The van der Waals surface area contributed by atoms with Gasteiger partial charge in [0.05, 0.1) is 6.07 Å². The quantitative estimate of drug-likeness (QED) is 0.657. The van der Waals surface area contributed by atoms with Gasteiger partial charge in [0.2, 0.25) is 0 Å². The van der Waals surface area contributed by atoms with E-state index in [1.807, 2.05) is 0 Å². The highest BCUT2D eigenvalue weighted by Gasteiger charge is 2.00. The summed E-state index contributed by atoms with van der Waals surface area (Å²) in [6.45, 7) is 4.43. The van der Waals surface area contributed by atoms with Gasteiger partial charge in [-0.3, -0.25) is 0 Å². The summed E-state index contributed by atoms with van der Waals surface area (Å²) in [5.41, 5.74) is 4.38. The lowest BCUT2D eigenvalue weighted by molar-refractivity contribution is 0.751. The predicted octanol–water partition coefficient (Wildman–Crippen LogP) is 4.05. The molecule has 0 aliphatic heterocycles. The predicted molar refractivity (Wildman–Crippen MR) is 68.4 cm³/mol. The zero-order valence-electron chi connectivity index (χ0n) is 10.4. The molecule has 1 heteroatoms. The monoisotopic (exact) mass is 215 g/mol. The summed E-state index contributed by atoms with van der Waals surface area (Å²) >= 11 is 0. The fourth-order valence-electron chi connectivity index (χ4n) is 2.04. The van der Waals surface area contributed by atoms with Gasteiger partial charge in [-0.15, -0.1) is 0 Å². The third-order valence-corrected chi connectivity index (χ3v) is 3.04. The van der Waals surface area contributed by atoms with Crippen molar-refractivity contribution in [1.82, 2.24) is 0 Å². The van der Waals surface area contributed by atoms with E-state index in [1.165, 1.54) is 16.7 Å². The van der Waals surface area contributed by atoms with Crippen molar-refractivity contribution < 1.29 is 0 Å². The van der Waals surface area contributed by atoms with E-state index in [0.717, 1.165) is 32.1 Å². The number of unbranched alkanes of at least 4 members (excludes halogenated alkanes) is 2. The molecule has 16 heavy (non-hydrogen) atoms. The molecule has 1 nitrogen and oxygen atoms in total. The Balaban J connectivity index is 2.58. The van der Waals surface area contributed by atoms with Gasteiger partial charge in [-0.25, -0.2) is 0 Å². The Morgan fingerprint density at radius 1 is 1.06 bits per heavy atom. The molecule has 0 aliphatic rings. The van der Waals surface area contributed by atoms with Crippen LogP contribution in [0.1, 0.15) is 49.8 Å². The maximum absolute atomic E-state index is 8.46. The summed E-state index contributed by atoms with van der Waals surface area (Å²) in [6.07, 6.45) is 6.19. The second-order valence-corrected chi connectivity index (χ2v) is 4.18. The van der Waals surface area contributed by atoms with Gasteiger partial charge in [-0.1, -0.05) is 32.0 Å².